The Morgan fingerprint density at radius 1 is 1.18 bits per heavy atom. The van der Waals surface area contributed by atoms with Crippen LogP contribution < -0.4 is 16.0 Å². The van der Waals surface area contributed by atoms with E-state index in [9.17, 15) is 14.4 Å². The molecule has 0 unspecified atom stereocenters. The number of benzene rings is 1. The largest absolute Gasteiger partial charge is 0.367 e. The van der Waals surface area contributed by atoms with Crippen LogP contribution in [0, 0.1) is 5.41 Å². The lowest BCUT2D eigenvalue weighted by atomic mass is 9.93. The van der Waals surface area contributed by atoms with Crippen LogP contribution in [0.15, 0.2) is 42.1 Å². The van der Waals surface area contributed by atoms with Gasteiger partial charge in [-0.05, 0) is 37.1 Å². The summed E-state index contributed by atoms with van der Waals surface area (Å²) in [4.78, 5) is 43.2. The van der Waals surface area contributed by atoms with Crippen LogP contribution in [0.2, 0.25) is 5.02 Å². The van der Waals surface area contributed by atoms with E-state index >= 15 is 0 Å². The monoisotopic (exact) mass is 535 g/mol. The van der Waals surface area contributed by atoms with Gasteiger partial charge in [0.15, 0.2) is 5.65 Å². The maximum atomic E-state index is 12.7. The Balaban J connectivity index is 1.45. The Morgan fingerprint density at radius 3 is 2.61 bits per heavy atom. The van der Waals surface area contributed by atoms with Gasteiger partial charge in [0.1, 0.15) is 11.6 Å². The summed E-state index contributed by atoms with van der Waals surface area (Å²) in [5.74, 6) is 0.714. The number of fused-ring (bicyclic) bond motifs is 1. The fourth-order valence-corrected chi connectivity index (χ4v) is 4.87. The minimum atomic E-state index is -0.405. The number of nitrogens with zero attached hydrogens (tertiary/aromatic N) is 4. The van der Waals surface area contributed by atoms with Crippen LogP contribution in [-0.2, 0) is 14.4 Å². The number of carbonyl (C=O) groups is 3. The summed E-state index contributed by atoms with van der Waals surface area (Å²) in [5.41, 5.74) is 1.88. The number of hydrogen-bond donors (Lipinski definition) is 3. The van der Waals surface area contributed by atoms with Crippen molar-refractivity contribution in [2.45, 2.75) is 46.1 Å². The van der Waals surface area contributed by atoms with Crippen LogP contribution in [0.5, 0.6) is 0 Å². The number of aromatic nitrogens is 3. The summed E-state index contributed by atoms with van der Waals surface area (Å²) in [6, 6.07) is 9.34. The quantitative estimate of drug-likeness (QED) is 0.333. The van der Waals surface area contributed by atoms with Gasteiger partial charge in [0, 0.05) is 52.5 Å². The van der Waals surface area contributed by atoms with E-state index in [2.05, 4.69) is 21.0 Å². The zero-order valence-corrected chi connectivity index (χ0v) is 22.3. The molecule has 3 N–H and O–H groups in total. The molecule has 38 heavy (non-hydrogen) atoms. The number of amides is 3. The fraction of sp³-hybridized carbons (Fsp3) is 0.370. The smallest absolute Gasteiger partial charge is 0.254 e. The molecule has 0 spiro atoms. The van der Waals surface area contributed by atoms with Crippen LogP contribution in [0.4, 0.5) is 17.3 Å². The van der Waals surface area contributed by atoms with Crippen LogP contribution in [-0.4, -0.2) is 56.4 Å². The highest BCUT2D eigenvalue weighted by Gasteiger charge is 2.31. The van der Waals surface area contributed by atoms with Gasteiger partial charge in [-0.15, -0.1) is 0 Å². The molecule has 11 heteroatoms. The van der Waals surface area contributed by atoms with Crippen molar-refractivity contribution >= 4 is 58.4 Å². The normalized spacial score (nSPS) is 17.8. The standard InChI is InChI=1S/C27H30ClN7O3/c1-27(2,3)26(38)34-9-7-19(8-10-34)31-22-14-21(30-20-6-4-5-18(28)13-20)32-24-17(15-29-35(22)24)11-16-12-23(36)33-25(16)37/h4-6,11,13-15,19,31H,7-10,12H2,1-3H3,(H,30,32)(H,33,36,37)/b16-11+. The molecule has 2 aliphatic rings. The molecule has 2 aliphatic heterocycles. The molecular weight excluding hydrogens is 506 g/mol. The van der Waals surface area contributed by atoms with Crippen molar-refractivity contribution in [3.05, 3.63) is 52.7 Å². The van der Waals surface area contributed by atoms with Gasteiger partial charge in [-0.2, -0.15) is 9.61 Å². The van der Waals surface area contributed by atoms with E-state index < -0.39 is 11.3 Å². The lowest BCUT2D eigenvalue weighted by Gasteiger charge is -2.36. The van der Waals surface area contributed by atoms with Crippen molar-refractivity contribution < 1.29 is 14.4 Å². The number of carbonyl (C=O) groups excluding carboxylic acids is 3. The molecule has 3 aromatic rings. The van der Waals surface area contributed by atoms with Gasteiger partial charge in [0.25, 0.3) is 5.91 Å². The molecule has 0 saturated carbocycles. The highest BCUT2D eigenvalue weighted by molar-refractivity contribution is 6.30. The topological polar surface area (TPSA) is 121 Å². The van der Waals surface area contributed by atoms with Gasteiger partial charge in [-0.3, -0.25) is 19.7 Å². The molecule has 5 rings (SSSR count). The van der Waals surface area contributed by atoms with E-state index in [1.165, 1.54) is 0 Å². The SMILES string of the molecule is CC(C)(C)C(=O)N1CCC(Nc2cc(Nc3cccc(Cl)c3)nc3c(/C=C4\CC(=O)NC4=O)cnn23)CC1. The Labute approximate surface area is 225 Å². The predicted octanol–water partition coefficient (Wildman–Crippen LogP) is 4.01. The lowest BCUT2D eigenvalue weighted by Crippen LogP contribution is -2.46. The Morgan fingerprint density at radius 2 is 1.95 bits per heavy atom. The first kappa shape index (κ1) is 25.7. The average Bonchev–Trinajstić information content (AvgIpc) is 3.40. The van der Waals surface area contributed by atoms with Gasteiger partial charge < -0.3 is 15.5 Å². The summed E-state index contributed by atoms with van der Waals surface area (Å²) in [7, 11) is 0. The second-order valence-corrected chi connectivity index (χ2v) is 11.1. The molecule has 4 heterocycles. The van der Waals surface area contributed by atoms with Gasteiger partial charge in [0.05, 0.1) is 12.6 Å². The Hall–Kier alpha value is -3.92. The molecule has 0 radical (unpaired) electrons. The van der Waals surface area contributed by atoms with Gasteiger partial charge >= 0.3 is 0 Å². The molecule has 0 bridgehead atoms. The molecule has 2 fully saturated rings. The van der Waals surface area contributed by atoms with Crippen LogP contribution in [0.3, 0.4) is 0 Å². The van der Waals surface area contributed by atoms with Crippen molar-refractivity contribution in [1.82, 2.24) is 24.8 Å². The molecule has 0 aliphatic carbocycles. The van der Waals surface area contributed by atoms with E-state index in [0.717, 1.165) is 24.3 Å². The molecule has 0 atom stereocenters. The summed E-state index contributed by atoms with van der Waals surface area (Å²) >= 11 is 6.17. The molecule has 2 aromatic heterocycles. The van der Waals surface area contributed by atoms with Crippen molar-refractivity contribution in [2.24, 2.45) is 5.41 Å². The van der Waals surface area contributed by atoms with Crippen molar-refractivity contribution in [1.29, 1.82) is 0 Å². The second kappa shape index (κ2) is 10.1. The number of hydrogen-bond acceptors (Lipinski definition) is 7. The molecule has 198 valence electrons. The number of imide groups is 1. The molecular formula is C27H30ClN7O3. The molecule has 3 amide bonds. The Kier molecular flexibility index (Phi) is 6.83. The fourth-order valence-electron chi connectivity index (χ4n) is 4.68. The first-order chi connectivity index (χ1) is 18.1. The van der Waals surface area contributed by atoms with E-state index in [0.29, 0.717) is 40.7 Å². The minimum Gasteiger partial charge on any atom is -0.367 e. The summed E-state index contributed by atoms with van der Waals surface area (Å²) in [6.07, 6.45) is 4.89. The molecule has 2 saturated heterocycles. The lowest BCUT2D eigenvalue weighted by molar-refractivity contribution is -0.140. The third kappa shape index (κ3) is 5.50. The van der Waals surface area contributed by atoms with Gasteiger partial charge in [0.2, 0.25) is 11.8 Å². The van der Waals surface area contributed by atoms with Crippen LogP contribution >= 0.6 is 11.6 Å². The van der Waals surface area contributed by atoms with E-state index in [1.54, 1.807) is 28.9 Å². The zero-order valence-electron chi connectivity index (χ0n) is 21.5. The maximum Gasteiger partial charge on any atom is 0.254 e. The first-order valence-corrected chi connectivity index (χ1v) is 13.0. The van der Waals surface area contributed by atoms with Crippen molar-refractivity contribution in [3.8, 4) is 0 Å². The molecule has 1 aromatic carbocycles. The average molecular weight is 536 g/mol. The van der Waals surface area contributed by atoms with Crippen molar-refractivity contribution in [3.63, 3.8) is 0 Å². The summed E-state index contributed by atoms with van der Waals surface area (Å²) < 4.78 is 1.69. The number of piperidine rings is 1. The number of nitrogens with one attached hydrogen (secondary N) is 3. The van der Waals surface area contributed by atoms with Gasteiger partial charge in [-0.1, -0.05) is 38.4 Å². The number of anilines is 3. The second-order valence-electron chi connectivity index (χ2n) is 10.7. The maximum absolute atomic E-state index is 12.7. The van der Waals surface area contributed by atoms with E-state index in [4.69, 9.17) is 16.6 Å². The third-order valence-electron chi connectivity index (χ3n) is 6.60. The molecule has 10 nitrogen and oxygen atoms in total. The zero-order chi connectivity index (χ0) is 27.0. The third-order valence-corrected chi connectivity index (χ3v) is 6.83. The van der Waals surface area contributed by atoms with Gasteiger partial charge in [-0.25, -0.2) is 4.98 Å². The number of halogens is 1. The highest BCUT2D eigenvalue weighted by atomic mass is 35.5. The predicted molar refractivity (Wildman–Crippen MR) is 146 cm³/mol. The summed E-state index contributed by atoms with van der Waals surface area (Å²) in [6.45, 7) is 7.18. The number of rotatable bonds is 5. The Bertz CT molecular complexity index is 1450. The van der Waals surface area contributed by atoms with E-state index in [1.807, 2.05) is 43.9 Å². The summed E-state index contributed by atoms with van der Waals surface area (Å²) in [5, 5.41) is 14.3. The van der Waals surface area contributed by atoms with Crippen molar-refractivity contribution in [2.75, 3.05) is 23.7 Å². The minimum absolute atomic E-state index is 0.0214. The van der Waals surface area contributed by atoms with E-state index in [-0.39, 0.29) is 24.3 Å². The highest BCUT2D eigenvalue weighted by Crippen LogP contribution is 2.28. The van der Waals surface area contributed by atoms with Crippen LogP contribution in [0.25, 0.3) is 11.7 Å². The van der Waals surface area contributed by atoms with Crippen LogP contribution in [0.1, 0.15) is 45.6 Å². The first-order valence-electron chi connectivity index (χ1n) is 12.6. The number of likely N-dealkylation sites (tertiary alicyclic amines) is 1.